The Hall–Kier alpha value is -10.8. The Morgan fingerprint density at radius 1 is 0.222 bits per heavy atom. The van der Waals surface area contributed by atoms with Crippen LogP contribution in [0.1, 0.15) is 0 Å². The van der Waals surface area contributed by atoms with Crippen LogP contribution in [0.15, 0.2) is 285 Å². The fourth-order valence-corrected chi connectivity index (χ4v) is 16.2. The van der Waals surface area contributed by atoms with Gasteiger partial charge in [0, 0.05) is 80.0 Å². The lowest BCUT2D eigenvalue weighted by molar-refractivity contribution is 1.23. The first-order chi connectivity index (χ1) is 44.6. The number of thiophene rings is 3. The summed E-state index contributed by atoms with van der Waals surface area (Å²) in [4.78, 5) is 38.0. The zero-order valence-corrected chi connectivity index (χ0v) is 51.2. The van der Waals surface area contributed by atoms with E-state index in [2.05, 4.69) is 249 Å². The number of hydrogen-bond acceptors (Lipinski definition) is 11. The van der Waals surface area contributed by atoms with Gasteiger partial charge in [-0.3, -0.25) is 0 Å². The maximum atomic E-state index is 5.33. The Morgan fingerprint density at radius 2 is 0.589 bits per heavy atom. The molecule has 422 valence electrons. The van der Waals surface area contributed by atoms with E-state index in [-0.39, 0.29) is 0 Å². The van der Waals surface area contributed by atoms with Crippen molar-refractivity contribution in [3.63, 3.8) is 0 Å². The molecule has 18 rings (SSSR count). The predicted octanol–water partition coefficient (Wildman–Crippen LogP) is 22.5. The highest BCUT2D eigenvalue weighted by atomic mass is 32.1. The van der Waals surface area contributed by atoms with Crippen LogP contribution < -0.4 is 0 Å². The summed E-state index contributed by atoms with van der Waals surface area (Å²) in [6.07, 6.45) is 0. The van der Waals surface area contributed by atoms with Crippen molar-refractivity contribution in [3.05, 3.63) is 285 Å². The highest BCUT2D eigenvalue weighted by Gasteiger charge is 2.22. The van der Waals surface area contributed by atoms with E-state index in [0.29, 0.717) is 5.82 Å². The number of aromatic nitrogens is 7. The van der Waals surface area contributed by atoms with Gasteiger partial charge in [0.1, 0.15) is 14.7 Å². The molecule has 0 atom stereocenters. The maximum Gasteiger partial charge on any atom is 0.161 e. The van der Waals surface area contributed by atoms with Crippen LogP contribution >= 0.6 is 45.3 Å². The number of nitrogens with zero attached hydrogens (tertiary/aromatic N) is 7. The Kier molecular flexibility index (Phi) is 13.5. The fraction of sp³-hybridized carbons (Fsp3) is 0. The predicted molar refractivity (Wildman–Crippen MR) is 380 cm³/mol. The van der Waals surface area contributed by atoms with Crippen molar-refractivity contribution in [3.8, 4) is 101 Å². The molecule has 0 unspecified atom stereocenters. The molecule has 0 spiro atoms. The second-order valence-corrected chi connectivity index (χ2v) is 26.1. The molecule has 0 fully saturated rings. The summed E-state index contributed by atoms with van der Waals surface area (Å²) in [5.41, 5.74) is 16.7. The van der Waals surface area contributed by atoms with E-state index in [1.165, 1.54) is 46.3 Å². The van der Waals surface area contributed by atoms with Crippen molar-refractivity contribution < 1.29 is 0 Å². The molecule has 11 aromatic carbocycles. The Balaban J connectivity index is 0.000000142. The fourth-order valence-electron chi connectivity index (χ4n) is 11.9. The van der Waals surface area contributed by atoms with Crippen molar-refractivity contribution in [2.75, 3.05) is 0 Å². The van der Waals surface area contributed by atoms with Gasteiger partial charge in [-0.05, 0) is 64.7 Å². The Labute approximate surface area is 533 Å². The third kappa shape index (κ3) is 9.86. The summed E-state index contributed by atoms with van der Waals surface area (Å²) in [5.74, 6) is 2.17. The average Bonchev–Trinajstić information content (AvgIpc) is 1.91. The van der Waals surface area contributed by atoms with Gasteiger partial charge in [0.15, 0.2) is 17.5 Å². The van der Waals surface area contributed by atoms with Gasteiger partial charge in [0.05, 0.1) is 37.5 Å². The largest absolute Gasteiger partial charge is 0.236 e. The highest BCUT2D eigenvalue weighted by molar-refractivity contribution is 7.26. The van der Waals surface area contributed by atoms with Gasteiger partial charge in [0.25, 0.3) is 0 Å². The quantitative estimate of drug-likeness (QED) is 0.142. The minimum atomic E-state index is 0.712. The van der Waals surface area contributed by atoms with Crippen LogP contribution in [0, 0.1) is 0 Å². The highest BCUT2D eigenvalue weighted by Crippen LogP contribution is 2.45. The second kappa shape index (κ2) is 22.7. The van der Waals surface area contributed by atoms with Crippen LogP contribution in [0.2, 0.25) is 0 Å². The van der Waals surface area contributed by atoms with Crippen LogP contribution in [-0.4, -0.2) is 34.9 Å². The number of para-hydroxylation sites is 1. The van der Waals surface area contributed by atoms with Crippen molar-refractivity contribution >= 4 is 116 Å². The number of thiazole rings is 1. The van der Waals surface area contributed by atoms with Crippen LogP contribution in [0.5, 0.6) is 0 Å². The molecule has 0 radical (unpaired) electrons. The number of benzene rings is 11. The molecule has 11 heteroatoms. The SMILES string of the molecule is c1ccc(-c2ccc(-c3nc(-c4cccc(-c5nc(-c6ccccc6)nc6c5sc5ccccc56)c4)c4c(n3)sc3ccccc34)cc2)cc1.c1ccc(-c2ccc(-c3nc(-c4cccc(-c5nc6ccccc6s5)c4)c4c(n3)sc3ccccc34)cc2)cc1. The summed E-state index contributed by atoms with van der Waals surface area (Å²) in [7, 11) is 0. The van der Waals surface area contributed by atoms with Gasteiger partial charge in [0.2, 0.25) is 0 Å². The third-order valence-corrected chi connectivity index (χ3v) is 20.7. The van der Waals surface area contributed by atoms with E-state index in [0.717, 1.165) is 120 Å². The molecule has 0 aliphatic rings. The average molecular weight is 1220 g/mol. The van der Waals surface area contributed by atoms with E-state index in [1.807, 2.05) is 36.4 Å². The van der Waals surface area contributed by atoms with Crippen molar-refractivity contribution in [2.24, 2.45) is 0 Å². The number of fused-ring (bicyclic) bond motifs is 10. The van der Waals surface area contributed by atoms with Crippen molar-refractivity contribution in [2.45, 2.75) is 0 Å². The van der Waals surface area contributed by atoms with Crippen LogP contribution in [-0.2, 0) is 0 Å². The molecule has 0 saturated carbocycles. The standard InChI is InChI=1S/C44H26N4S2.C35H21N3S2/c1-3-12-27(13-4-1)28-22-24-30(25-23-28)43-45-38(37-33-18-7-9-20-35(33)50-44(37)48-43)31-16-11-17-32(26-31)39-41-40(34-19-8-10-21-36(34)49-41)47-42(46-39)29-14-5-2-6-15-29;1-2-9-22(10-3-1)23-17-19-24(20-18-23)33-37-32(31-27-13-4-6-15-29(27)39-35(31)38-33)25-11-8-12-26(21-25)34-36-28-14-5-7-16-30(28)40-34/h1-26H;1-21H. The van der Waals surface area contributed by atoms with Gasteiger partial charge in [-0.25, -0.2) is 34.9 Å². The summed E-state index contributed by atoms with van der Waals surface area (Å²) in [6.45, 7) is 0. The first kappa shape index (κ1) is 53.4. The topological polar surface area (TPSA) is 90.2 Å². The molecule has 7 aromatic heterocycles. The first-order valence-corrected chi connectivity index (χ1v) is 32.9. The summed E-state index contributed by atoms with van der Waals surface area (Å²) in [5, 5.41) is 6.70. The molecule has 0 aliphatic carbocycles. The van der Waals surface area contributed by atoms with Crippen LogP contribution in [0.25, 0.3) is 172 Å². The van der Waals surface area contributed by atoms with Crippen molar-refractivity contribution in [1.29, 1.82) is 0 Å². The molecule has 0 amide bonds. The summed E-state index contributed by atoms with van der Waals surface area (Å²) in [6, 6.07) is 99.3. The van der Waals surface area contributed by atoms with E-state index >= 15 is 0 Å². The molecular weight excluding hydrogens is 1180 g/mol. The molecule has 90 heavy (non-hydrogen) atoms. The monoisotopic (exact) mass is 1220 g/mol. The number of rotatable bonds is 9. The maximum absolute atomic E-state index is 5.33. The summed E-state index contributed by atoms with van der Waals surface area (Å²) >= 11 is 6.90. The van der Waals surface area contributed by atoms with Gasteiger partial charge >= 0.3 is 0 Å². The normalized spacial score (nSPS) is 11.6. The Morgan fingerprint density at radius 3 is 1.12 bits per heavy atom. The van der Waals surface area contributed by atoms with E-state index in [9.17, 15) is 0 Å². The molecule has 7 nitrogen and oxygen atoms in total. The summed E-state index contributed by atoms with van der Waals surface area (Å²) < 4.78 is 5.88. The molecule has 0 N–H and O–H groups in total. The molecule has 7 heterocycles. The van der Waals surface area contributed by atoms with Crippen molar-refractivity contribution in [1.82, 2.24) is 34.9 Å². The first-order valence-electron chi connectivity index (χ1n) is 29.6. The number of hydrogen-bond donors (Lipinski definition) is 0. The lowest BCUT2D eigenvalue weighted by Gasteiger charge is -2.11. The lowest BCUT2D eigenvalue weighted by atomic mass is 10.0. The molecule has 0 aliphatic heterocycles. The molecule has 0 saturated heterocycles. The van der Waals surface area contributed by atoms with Gasteiger partial charge in [-0.15, -0.1) is 45.3 Å². The molecular formula is C79H47N7S4. The van der Waals surface area contributed by atoms with Gasteiger partial charge in [-0.2, -0.15) is 0 Å². The zero-order valence-electron chi connectivity index (χ0n) is 47.9. The smallest absolute Gasteiger partial charge is 0.161 e. The van der Waals surface area contributed by atoms with Gasteiger partial charge in [-0.1, -0.05) is 243 Å². The third-order valence-electron chi connectivity index (χ3n) is 16.3. The lowest BCUT2D eigenvalue weighted by Crippen LogP contribution is -1.95. The van der Waals surface area contributed by atoms with E-state index in [4.69, 9.17) is 34.9 Å². The van der Waals surface area contributed by atoms with Gasteiger partial charge < -0.3 is 0 Å². The second-order valence-electron chi connectivity index (χ2n) is 21.9. The minimum Gasteiger partial charge on any atom is -0.236 e. The van der Waals surface area contributed by atoms with Crippen LogP contribution in [0.3, 0.4) is 0 Å². The van der Waals surface area contributed by atoms with E-state index < -0.39 is 0 Å². The van der Waals surface area contributed by atoms with Crippen LogP contribution in [0.4, 0.5) is 0 Å². The zero-order chi connectivity index (χ0) is 59.5. The molecule has 18 aromatic rings. The Bertz CT molecular complexity index is 5690. The van der Waals surface area contributed by atoms with E-state index in [1.54, 1.807) is 45.3 Å². The minimum absolute atomic E-state index is 0.712. The molecule has 0 bridgehead atoms.